The average Bonchev–Trinajstić information content (AvgIpc) is 2.95. The van der Waals surface area contributed by atoms with Gasteiger partial charge in [-0.2, -0.15) is 0 Å². The number of fused-ring (bicyclic) bond motifs is 3. The fraction of sp³-hybridized carbons (Fsp3) is 0.583. The zero-order valence-electron chi connectivity index (χ0n) is 18.6. The van der Waals surface area contributed by atoms with Crippen molar-refractivity contribution in [2.75, 3.05) is 19.8 Å². The first-order chi connectivity index (χ1) is 14.5. The van der Waals surface area contributed by atoms with Crippen LogP contribution < -0.4 is 5.56 Å². The predicted octanol–water partition coefficient (Wildman–Crippen LogP) is 4.19. The molecule has 31 heavy (non-hydrogen) atoms. The summed E-state index contributed by atoms with van der Waals surface area (Å²) >= 11 is 0. The van der Waals surface area contributed by atoms with Crippen LogP contribution in [0.1, 0.15) is 62.9 Å². The number of piperidine rings is 1. The second-order valence-electron chi connectivity index (χ2n) is 8.70. The highest BCUT2D eigenvalue weighted by molar-refractivity contribution is 5.94. The summed E-state index contributed by atoms with van der Waals surface area (Å²) in [5.74, 6) is -0.493. The van der Waals surface area contributed by atoms with E-state index in [1.54, 1.807) is 10.6 Å². The van der Waals surface area contributed by atoms with Gasteiger partial charge >= 0.3 is 5.97 Å². The summed E-state index contributed by atoms with van der Waals surface area (Å²) in [6.07, 6.45) is 3.82. The second-order valence-corrected chi connectivity index (χ2v) is 8.70. The Labute approximate surface area is 189 Å². The van der Waals surface area contributed by atoms with Crippen molar-refractivity contribution < 1.29 is 14.3 Å². The molecule has 2 aliphatic heterocycles. The molecule has 3 atom stereocenters. The number of carbonyl (C=O) groups excluding carboxylic acids is 1. The van der Waals surface area contributed by atoms with E-state index in [0.29, 0.717) is 12.1 Å². The van der Waals surface area contributed by atoms with Crippen molar-refractivity contribution in [3.63, 3.8) is 0 Å². The number of ether oxygens (including phenoxy) is 2. The number of rotatable bonds is 7. The number of aromatic nitrogens is 1. The Bertz CT molecular complexity index is 960. The Balaban J connectivity index is 0.00000272. The highest BCUT2D eigenvalue weighted by atomic mass is 35.5. The number of para-hydroxylation sites is 1. The van der Waals surface area contributed by atoms with E-state index in [9.17, 15) is 9.59 Å². The van der Waals surface area contributed by atoms with Crippen molar-refractivity contribution in [3.05, 3.63) is 46.2 Å². The van der Waals surface area contributed by atoms with E-state index in [1.165, 1.54) is 0 Å². The van der Waals surface area contributed by atoms with Crippen molar-refractivity contribution in [1.82, 2.24) is 9.47 Å². The number of nitrogens with zero attached hydrogens (tertiary/aromatic N) is 2. The van der Waals surface area contributed by atoms with Crippen molar-refractivity contribution in [1.29, 1.82) is 0 Å². The number of halogens is 1. The van der Waals surface area contributed by atoms with Crippen LogP contribution in [0.25, 0.3) is 10.9 Å². The molecule has 4 rings (SSSR count). The Morgan fingerprint density at radius 2 is 1.84 bits per heavy atom. The molecule has 0 N–H and O–H groups in total. The summed E-state index contributed by atoms with van der Waals surface area (Å²) in [5, 5.41) is 0.878. The summed E-state index contributed by atoms with van der Waals surface area (Å²) in [5.41, 5.74) is 0.703. The SMILES string of the molecule is CCOCCN1[C@@H]2CC[C@H]1C[C@@H](OC(=O)c1cc3ccccc3n(C(C)C)c1=O)C2.Cl. The second kappa shape index (κ2) is 10.2. The Morgan fingerprint density at radius 1 is 1.16 bits per heavy atom. The van der Waals surface area contributed by atoms with E-state index in [1.807, 2.05) is 45.0 Å². The third kappa shape index (κ3) is 4.81. The van der Waals surface area contributed by atoms with E-state index in [0.717, 1.165) is 56.3 Å². The zero-order valence-corrected chi connectivity index (χ0v) is 19.4. The molecule has 1 aromatic heterocycles. The molecular formula is C24H33ClN2O4. The molecule has 0 radical (unpaired) electrons. The van der Waals surface area contributed by atoms with Gasteiger partial charge in [0.2, 0.25) is 0 Å². The lowest BCUT2D eigenvalue weighted by Gasteiger charge is -2.38. The summed E-state index contributed by atoms with van der Waals surface area (Å²) < 4.78 is 13.1. The highest BCUT2D eigenvalue weighted by Gasteiger charge is 2.41. The summed E-state index contributed by atoms with van der Waals surface area (Å²) in [4.78, 5) is 28.6. The van der Waals surface area contributed by atoms with Gasteiger partial charge < -0.3 is 14.0 Å². The first-order valence-electron chi connectivity index (χ1n) is 11.2. The third-order valence-electron chi connectivity index (χ3n) is 6.49. The molecule has 0 unspecified atom stereocenters. The first kappa shape index (κ1) is 23.8. The molecule has 6 nitrogen and oxygen atoms in total. The van der Waals surface area contributed by atoms with Crippen LogP contribution in [0.4, 0.5) is 0 Å². The minimum absolute atomic E-state index is 0. The topological polar surface area (TPSA) is 60.8 Å². The molecule has 2 aromatic rings. The fourth-order valence-corrected chi connectivity index (χ4v) is 5.16. The molecule has 0 amide bonds. The maximum absolute atomic E-state index is 13.1. The molecule has 3 heterocycles. The van der Waals surface area contributed by atoms with E-state index in [-0.39, 0.29) is 35.7 Å². The van der Waals surface area contributed by atoms with E-state index in [2.05, 4.69) is 4.90 Å². The summed E-state index contributed by atoms with van der Waals surface area (Å²) in [6.45, 7) is 8.36. The normalized spacial score (nSPS) is 23.2. The van der Waals surface area contributed by atoms with E-state index < -0.39 is 5.97 Å². The molecular weight excluding hydrogens is 416 g/mol. The fourth-order valence-electron chi connectivity index (χ4n) is 5.16. The van der Waals surface area contributed by atoms with E-state index in [4.69, 9.17) is 9.47 Å². The smallest absolute Gasteiger partial charge is 0.344 e. The van der Waals surface area contributed by atoms with Crippen LogP contribution in [0.5, 0.6) is 0 Å². The zero-order chi connectivity index (χ0) is 21.3. The molecule has 2 aliphatic rings. The van der Waals surface area contributed by atoms with Crippen molar-refractivity contribution in [3.8, 4) is 0 Å². The van der Waals surface area contributed by atoms with Gasteiger partial charge in [-0.25, -0.2) is 4.79 Å². The molecule has 170 valence electrons. The number of carbonyl (C=O) groups is 1. The number of hydrogen-bond acceptors (Lipinski definition) is 5. The lowest BCUT2D eigenvalue weighted by molar-refractivity contribution is -0.0127. The molecule has 2 bridgehead atoms. The number of benzene rings is 1. The van der Waals surface area contributed by atoms with Gasteiger partial charge in [0, 0.05) is 44.1 Å². The maximum atomic E-state index is 13.1. The van der Waals surface area contributed by atoms with Crippen LogP contribution in [0.3, 0.4) is 0 Å². The van der Waals surface area contributed by atoms with E-state index >= 15 is 0 Å². The Kier molecular flexibility index (Phi) is 7.78. The van der Waals surface area contributed by atoms with Crippen LogP contribution in [0, 0.1) is 0 Å². The molecule has 0 spiro atoms. The summed E-state index contributed by atoms with van der Waals surface area (Å²) in [7, 11) is 0. The van der Waals surface area contributed by atoms with Crippen molar-refractivity contribution >= 4 is 29.3 Å². The minimum Gasteiger partial charge on any atom is -0.459 e. The maximum Gasteiger partial charge on any atom is 0.344 e. The number of pyridine rings is 1. The van der Waals surface area contributed by atoms with Crippen LogP contribution in [-0.2, 0) is 9.47 Å². The average molecular weight is 449 g/mol. The lowest BCUT2D eigenvalue weighted by Crippen LogP contribution is -2.47. The lowest BCUT2D eigenvalue weighted by atomic mass is 9.99. The van der Waals surface area contributed by atoms with Crippen LogP contribution in [-0.4, -0.2) is 53.4 Å². The molecule has 2 fully saturated rings. The van der Waals surface area contributed by atoms with Gasteiger partial charge in [-0.05, 0) is 51.1 Å². The van der Waals surface area contributed by atoms with Gasteiger partial charge in [-0.3, -0.25) is 9.69 Å². The molecule has 7 heteroatoms. The van der Waals surface area contributed by atoms with Gasteiger partial charge in [0.05, 0.1) is 12.1 Å². The highest BCUT2D eigenvalue weighted by Crippen LogP contribution is 2.36. The van der Waals surface area contributed by atoms with Gasteiger partial charge in [0.25, 0.3) is 5.56 Å². The Hall–Kier alpha value is -1.89. The number of esters is 1. The molecule has 0 aliphatic carbocycles. The number of hydrogen-bond donors (Lipinski definition) is 0. The molecule has 0 saturated carbocycles. The van der Waals surface area contributed by atoms with Crippen LogP contribution >= 0.6 is 12.4 Å². The predicted molar refractivity (Wildman–Crippen MR) is 124 cm³/mol. The van der Waals surface area contributed by atoms with Gasteiger partial charge in [0.15, 0.2) is 0 Å². The van der Waals surface area contributed by atoms with Crippen molar-refractivity contribution in [2.24, 2.45) is 0 Å². The Morgan fingerprint density at radius 3 is 2.48 bits per heavy atom. The molecule has 2 saturated heterocycles. The summed E-state index contributed by atoms with van der Waals surface area (Å²) in [6, 6.07) is 10.2. The standard InChI is InChI=1S/C24H32N2O4.ClH/c1-4-29-12-11-25-18-9-10-19(25)15-20(14-18)30-24(28)21-13-17-7-5-6-8-22(17)26(16(2)3)23(21)27;/h5-8,13,16,18-20H,4,9-12,14-15H2,1-3H3;1H/t18-,19+,20+;. The first-order valence-corrected chi connectivity index (χ1v) is 11.2. The van der Waals surface area contributed by atoms with Crippen LogP contribution in [0.2, 0.25) is 0 Å². The van der Waals surface area contributed by atoms with Gasteiger partial charge in [-0.15, -0.1) is 12.4 Å². The quantitative estimate of drug-likeness (QED) is 0.469. The third-order valence-corrected chi connectivity index (χ3v) is 6.49. The monoisotopic (exact) mass is 448 g/mol. The minimum atomic E-state index is -0.493. The van der Waals surface area contributed by atoms with Gasteiger partial charge in [0.1, 0.15) is 11.7 Å². The van der Waals surface area contributed by atoms with Crippen LogP contribution in [0.15, 0.2) is 35.1 Å². The van der Waals surface area contributed by atoms with Gasteiger partial charge in [-0.1, -0.05) is 18.2 Å². The molecule has 1 aromatic carbocycles. The van der Waals surface area contributed by atoms with Crippen molar-refractivity contribution in [2.45, 2.75) is 70.7 Å². The largest absolute Gasteiger partial charge is 0.459 e.